The molecule has 0 unspecified atom stereocenters. The Morgan fingerprint density at radius 1 is 0.680 bits per heavy atom. The molecule has 0 fully saturated rings. The molecule has 0 aliphatic heterocycles. The second kappa shape index (κ2) is 7.93. The van der Waals surface area contributed by atoms with Gasteiger partial charge in [-0.05, 0) is 54.2 Å². The minimum Gasteiger partial charge on any atom is -0.435 e. The molecule has 0 atom stereocenters. The van der Waals surface area contributed by atoms with Crippen LogP contribution in [0.4, 0.5) is 8.78 Å². The highest BCUT2D eigenvalue weighted by Gasteiger charge is 2.05. The SMILES string of the molecule is Cc1ccc(CCc2ccc(-c3ccc(OC(F)F)cc3)cc2)cc1. The monoisotopic (exact) mass is 338 g/mol. The van der Waals surface area contributed by atoms with E-state index in [2.05, 4.69) is 60.2 Å². The molecule has 25 heavy (non-hydrogen) atoms. The van der Waals surface area contributed by atoms with Crippen molar-refractivity contribution in [3.63, 3.8) is 0 Å². The van der Waals surface area contributed by atoms with E-state index in [1.54, 1.807) is 24.3 Å². The smallest absolute Gasteiger partial charge is 0.387 e. The molecule has 0 bridgehead atoms. The van der Waals surface area contributed by atoms with Gasteiger partial charge in [0.05, 0.1) is 0 Å². The quantitative estimate of drug-likeness (QED) is 0.532. The Kier molecular flexibility index (Phi) is 5.44. The first-order valence-corrected chi connectivity index (χ1v) is 8.30. The van der Waals surface area contributed by atoms with Crippen LogP contribution < -0.4 is 4.74 Å². The molecule has 1 nitrogen and oxygen atoms in total. The average molecular weight is 338 g/mol. The van der Waals surface area contributed by atoms with Gasteiger partial charge in [0.2, 0.25) is 0 Å². The Morgan fingerprint density at radius 2 is 1.12 bits per heavy atom. The second-order valence-electron chi connectivity index (χ2n) is 6.09. The molecule has 3 rings (SSSR count). The van der Waals surface area contributed by atoms with Gasteiger partial charge in [0.15, 0.2) is 0 Å². The van der Waals surface area contributed by atoms with Crippen LogP contribution in [0.5, 0.6) is 5.75 Å². The first-order chi connectivity index (χ1) is 12.1. The van der Waals surface area contributed by atoms with E-state index in [1.807, 2.05) is 0 Å². The van der Waals surface area contributed by atoms with Crippen LogP contribution in [0.25, 0.3) is 11.1 Å². The molecule has 0 saturated heterocycles. The summed E-state index contributed by atoms with van der Waals surface area (Å²) in [4.78, 5) is 0. The van der Waals surface area contributed by atoms with E-state index < -0.39 is 6.61 Å². The fourth-order valence-corrected chi connectivity index (χ4v) is 2.74. The van der Waals surface area contributed by atoms with Crippen molar-refractivity contribution in [3.05, 3.63) is 89.5 Å². The van der Waals surface area contributed by atoms with Gasteiger partial charge in [0.25, 0.3) is 0 Å². The predicted octanol–water partition coefficient (Wildman–Crippen LogP) is 6.05. The van der Waals surface area contributed by atoms with E-state index in [-0.39, 0.29) is 5.75 Å². The number of ether oxygens (including phenoxy) is 1. The van der Waals surface area contributed by atoms with Crippen LogP contribution in [0.3, 0.4) is 0 Å². The molecule has 128 valence electrons. The van der Waals surface area contributed by atoms with Gasteiger partial charge in [-0.25, -0.2) is 0 Å². The minimum atomic E-state index is -2.79. The van der Waals surface area contributed by atoms with Gasteiger partial charge in [-0.1, -0.05) is 66.2 Å². The fourth-order valence-electron chi connectivity index (χ4n) is 2.74. The van der Waals surface area contributed by atoms with Crippen LogP contribution in [0.2, 0.25) is 0 Å². The first-order valence-electron chi connectivity index (χ1n) is 8.30. The third kappa shape index (κ3) is 4.90. The largest absolute Gasteiger partial charge is 0.435 e. The molecule has 0 aliphatic rings. The van der Waals surface area contributed by atoms with Crippen molar-refractivity contribution in [2.24, 2.45) is 0 Å². The Bertz CT molecular complexity index is 791. The normalized spacial score (nSPS) is 10.9. The summed E-state index contributed by atoms with van der Waals surface area (Å²) in [6.07, 6.45) is 2.00. The molecule has 0 N–H and O–H groups in total. The van der Waals surface area contributed by atoms with E-state index in [0.717, 1.165) is 24.0 Å². The molecule has 0 amide bonds. The van der Waals surface area contributed by atoms with Crippen LogP contribution in [-0.2, 0) is 12.8 Å². The van der Waals surface area contributed by atoms with E-state index in [0.29, 0.717) is 0 Å². The lowest BCUT2D eigenvalue weighted by Crippen LogP contribution is -2.01. The maximum absolute atomic E-state index is 12.2. The number of alkyl halides is 2. The number of benzene rings is 3. The van der Waals surface area contributed by atoms with Crippen LogP contribution in [-0.4, -0.2) is 6.61 Å². The third-order valence-corrected chi connectivity index (χ3v) is 4.19. The summed E-state index contributed by atoms with van der Waals surface area (Å²) in [5.74, 6) is 0.175. The standard InChI is InChI=1S/C22H20F2O/c1-16-2-4-17(5-3-16)6-7-18-8-10-19(11-9-18)20-12-14-21(15-13-20)25-22(23)24/h2-5,8-15,22H,6-7H2,1H3. The Labute approximate surface area is 146 Å². The Balaban J connectivity index is 1.62. The van der Waals surface area contributed by atoms with E-state index in [4.69, 9.17) is 0 Å². The molecule has 0 aromatic heterocycles. The van der Waals surface area contributed by atoms with Crippen molar-refractivity contribution in [3.8, 4) is 16.9 Å². The Hall–Kier alpha value is -2.68. The van der Waals surface area contributed by atoms with Gasteiger partial charge < -0.3 is 4.74 Å². The minimum absolute atomic E-state index is 0.175. The van der Waals surface area contributed by atoms with Gasteiger partial charge in [0.1, 0.15) is 5.75 Å². The second-order valence-corrected chi connectivity index (χ2v) is 6.09. The van der Waals surface area contributed by atoms with Crippen molar-refractivity contribution >= 4 is 0 Å². The van der Waals surface area contributed by atoms with Crippen molar-refractivity contribution in [1.29, 1.82) is 0 Å². The van der Waals surface area contributed by atoms with Crippen LogP contribution in [0, 0.1) is 6.92 Å². The van der Waals surface area contributed by atoms with Gasteiger partial charge >= 0.3 is 6.61 Å². The van der Waals surface area contributed by atoms with Crippen molar-refractivity contribution in [2.45, 2.75) is 26.4 Å². The molecule has 0 aliphatic carbocycles. The number of hydrogen-bond donors (Lipinski definition) is 0. The summed E-state index contributed by atoms with van der Waals surface area (Å²) in [6, 6.07) is 23.7. The summed E-state index contributed by atoms with van der Waals surface area (Å²) >= 11 is 0. The topological polar surface area (TPSA) is 9.23 Å². The maximum atomic E-state index is 12.2. The van der Waals surface area contributed by atoms with E-state index in [9.17, 15) is 8.78 Å². The van der Waals surface area contributed by atoms with E-state index >= 15 is 0 Å². The maximum Gasteiger partial charge on any atom is 0.387 e. The van der Waals surface area contributed by atoms with Gasteiger partial charge in [-0.15, -0.1) is 0 Å². The van der Waals surface area contributed by atoms with Gasteiger partial charge in [-0.3, -0.25) is 0 Å². The average Bonchev–Trinajstić information content (AvgIpc) is 2.62. The molecule has 0 saturated carbocycles. The lowest BCUT2D eigenvalue weighted by atomic mass is 10.00. The number of hydrogen-bond acceptors (Lipinski definition) is 1. The number of halogens is 2. The first kappa shape index (κ1) is 17.2. The molecular formula is C22H20F2O. The predicted molar refractivity (Wildman–Crippen MR) is 97.1 cm³/mol. The summed E-state index contributed by atoms with van der Waals surface area (Å²) < 4.78 is 28.7. The van der Waals surface area contributed by atoms with Crippen LogP contribution in [0.1, 0.15) is 16.7 Å². The highest BCUT2D eigenvalue weighted by molar-refractivity contribution is 5.64. The van der Waals surface area contributed by atoms with Crippen molar-refractivity contribution in [2.75, 3.05) is 0 Å². The van der Waals surface area contributed by atoms with Gasteiger partial charge in [0, 0.05) is 0 Å². The molecule has 0 spiro atoms. The Morgan fingerprint density at radius 3 is 1.60 bits per heavy atom. The zero-order chi connectivity index (χ0) is 17.6. The zero-order valence-electron chi connectivity index (χ0n) is 14.1. The van der Waals surface area contributed by atoms with Gasteiger partial charge in [-0.2, -0.15) is 8.78 Å². The third-order valence-electron chi connectivity index (χ3n) is 4.19. The summed E-state index contributed by atoms with van der Waals surface area (Å²) in [5.41, 5.74) is 5.93. The highest BCUT2D eigenvalue weighted by atomic mass is 19.3. The fraction of sp³-hybridized carbons (Fsp3) is 0.182. The lowest BCUT2D eigenvalue weighted by molar-refractivity contribution is -0.0498. The van der Waals surface area contributed by atoms with Crippen LogP contribution in [0.15, 0.2) is 72.8 Å². The summed E-state index contributed by atoms with van der Waals surface area (Å²) in [5, 5.41) is 0. The molecule has 3 aromatic carbocycles. The number of aryl methyl sites for hydroxylation is 3. The summed E-state index contributed by atoms with van der Waals surface area (Å²) in [7, 11) is 0. The molecule has 0 radical (unpaired) electrons. The summed E-state index contributed by atoms with van der Waals surface area (Å²) in [6.45, 7) is -0.701. The van der Waals surface area contributed by atoms with Crippen molar-refractivity contribution < 1.29 is 13.5 Å². The van der Waals surface area contributed by atoms with Crippen molar-refractivity contribution in [1.82, 2.24) is 0 Å². The molecule has 0 heterocycles. The van der Waals surface area contributed by atoms with Crippen LogP contribution >= 0.6 is 0 Å². The zero-order valence-corrected chi connectivity index (χ0v) is 14.1. The molecule has 3 aromatic rings. The molecular weight excluding hydrogens is 318 g/mol. The molecule has 3 heteroatoms. The van der Waals surface area contributed by atoms with E-state index in [1.165, 1.54) is 16.7 Å². The number of rotatable bonds is 6. The lowest BCUT2D eigenvalue weighted by Gasteiger charge is -2.07. The highest BCUT2D eigenvalue weighted by Crippen LogP contribution is 2.24.